The minimum atomic E-state index is -0.334. The third-order valence-corrected chi connectivity index (χ3v) is 2.12. The lowest BCUT2D eigenvalue weighted by Gasteiger charge is -2.25. The van der Waals surface area contributed by atoms with E-state index in [1.54, 1.807) is 6.21 Å². The molecule has 1 N–H and O–H groups in total. The molecule has 0 saturated carbocycles. The van der Waals surface area contributed by atoms with Gasteiger partial charge in [0, 0.05) is 19.6 Å². The smallest absolute Gasteiger partial charge is 0.0853 e. The Morgan fingerprint density at radius 3 is 2.86 bits per heavy atom. The van der Waals surface area contributed by atoms with Crippen molar-refractivity contribution >= 4 is 20.3 Å². The molecule has 0 aliphatic carbocycles. The summed E-state index contributed by atoms with van der Waals surface area (Å²) in [6, 6.07) is 0. The second-order valence-corrected chi connectivity index (χ2v) is 3.25. The van der Waals surface area contributed by atoms with Crippen LogP contribution < -0.4 is 0 Å². The highest BCUT2D eigenvalue weighted by Gasteiger charge is 2.08. The Balaban J connectivity index is 2.07. The molecular formula is C9H16BN3O. The Hall–Kier alpha value is -0.675. The van der Waals surface area contributed by atoms with Crippen LogP contribution in [0.2, 0.25) is 5.82 Å². The summed E-state index contributed by atoms with van der Waals surface area (Å²) >= 11 is 0. The molecule has 4 nitrogen and oxygen atoms in total. The number of ether oxygens (including phenoxy) is 1. The van der Waals surface area contributed by atoms with E-state index in [0.29, 0.717) is 0 Å². The monoisotopic (exact) mass is 193 g/mol. The van der Waals surface area contributed by atoms with Crippen molar-refractivity contribution in [3.05, 3.63) is 0 Å². The highest BCUT2D eigenvalue weighted by atomic mass is 16.5. The van der Waals surface area contributed by atoms with Gasteiger partial charge >= 0.3 is 0 Å². The average Bonchev–Trinajstić information content (AvgIpc) is 2.25. The van der Waals surface area contributed by atoms with E-state index in [0.717, 1.165) is 39.4 Å². The molecule has 14 heavy (non-hydrogen) atoms. The molecule has 1 aliphatic rings. The summed E-state index contributed by atoms with van der Waals surface area (Å²) in [7, 11) is 5.47. The van der Waals surface area contributed by atoms with E-state index >= 15 is 0 Å². The zero-order valence-corrected chi connectivity index (χ0v) is 8.35. The molecule has 1 heterocycles. The molecule has 0 amide bonds. The van der Waals surface area contributed by atoms with Gasteiger partial charge in [-0.05, 0) is 18.2 Å². The molecule has 1 atom stereocenters. The number of morpholine rings is 1. The van der Waals surface area contributed by atoms with Crippen molar-refractivity contribution in [2.75, 3.05) is 39.4 Å². The summed E-state index contributed by atoms with van der Waals surface area (Å²) in [5.41, 5.74) is 0. The highest BCUT2D eigenvalue weighted by Crippen LogP contribution is 1.95. The Bertz CT molecular complexity index is 192. The van der Waals surface area contributed by atoms with E-state index in [1.807, 2.05) is 0 Å². The van der Waals surface area contributed by atoms with Crippen LogP contribution in [0.5, 0.6) is 0 Å². The van der Waals surface area contributed by atoms with Gasteiger partial charge in [0.15, 0.2) is 0 Å². The molecule has 76 valence electrons. The first-order chi connectivity index (χ1) is 6.83. The molecule has 1 unspecified atom stereocenters. The Labute approximate surface area is 86.3 Å². The quantitative estimate of drug-likeness (QED) is 0.493. The summed E-state index contributed by atoms with van der Waals surface area (Å²) < 4.78 is 5.23. The molecule has 2 radical (unpaired) electrons. The molecule has 0 spiro atoms. The van der Waals surface area contributed by atoms with Crippen LogP contribution in [0.3, 0.4) is 0 Å². The van der Waals surface area contributed by atoms with E-state index in [4.69, 9.17) is 18.0 Å². The van der Waals surface area contributed by atoms with Gasteiger partial charge in [-0.25, -0.2) is 0 Å². The molecule has 1 rings (SSSR count). The van der Waals surface area contributed by atoms with Gasteiger partial charge in [-0.15, -0.1) is 0 Å². The SMILES string of the molecule is [B]C(C=N)C=NCCN1CCOCC1. The van der Waals surface area contributed by atoms with Gasteiger partial charge in [-0.2, -0.15) is 0 Å². The van der Waals surface area contributed by atoms with Crippen molar-refractivity contribution in [1.29, 1.82) is 5.41 Å². The lowest BCUT2D eigenvalue weighted by atomic mass is 9.90. The van der Waals surface area contributed by atoms with Gasteiger partial charge in [0.25, 0.3) is 0 Å². The number of aliphatic imine (C=N–C) groups is 1. The molecule has 1 saturated heterocycles. The van der Waals surface area contributed by atoms with Gasteiger partial charge in [0.1, 0.15) is 0 Å². The Morgan fingerprint density at radius 2 is 2.21 bits per heavy atom. The van der Waals surface area contributed by atoms with Crippen LogP contribution in [0, 0.1) is 5.41 Å². The molecule has 1 aliphatic heterocycles. The summed E-state index contributed by atoms with van der Waals surface area (Å²) in [6.45, 7) is 5.33. The second kappa shape index (κ2) is 6.73. The summed E-state index contributed by atoms with van der Waals surface area (Å²) in [5, 5.41) is 6.87. The second-order valence-electron chi connectivity index (χ2n) is 3.25. The number of hydrogen-bond acceptors (Lipinski definition) is 4. The van der Waals surface area contributed by atoms with Crippen LogP contribution in [0.15, 0.2) is 4.99 Å². The maximum absolute atomic E-state index is 6.87. The third kappa shape index (κ3) is 4.53. The van der Waals surface area contributed by atoms with E-state index in [-0.39, 0.29) is 5.82 Å². The summed E-state index contributed by atoms with van der Waals surface area (Å²) in [6.07, 6.45) is 2.80. The molecule has 0 aromatic heterocycles. The van der Waals surface area contributed by atoms with Crippen molar-refractivity contribution in [2.45, 2.75) is 5.82 Å². The van der Waals surface area contributed by atoms with Crippen LogP contribution in [-0.4, -0.2) is 64.6 Å². The zero-order chi connectivity index (χ0) is 10.2. The molecule has 0 bridgehead atoms. The van der Waals surface area contributed by atoms with Gasteiger partial charge in [-0.1, -0.05) is 0 Å². The molecule has 0 aromatic carbocycles. The molecule has 5 heteroatoms. The fourth-order valence-corrected chi connectivity index (χ4v) is 1.26. The number of rotatable bonds is 5. The van der Waals surface area contributed by atoms with Crippen LogP contribution in [0.1, 0.15) is 0 Å². The highest BCUT2D eigenvalue weighted by molar-refractivity contribution is 6.29. The van der Waals surface area contributed by atoms with Gasteiger partial charge in [-0.3, -0.25) is 9.89 Å². The Kier molecular flexibility index (Phi) is 5.48. The predicted molar refractivity (Wildman–Crippen MR) is 58.9 cm³/mol. The van der Waals surface area contributed by atoms with Crippen molar-refractivity contribution in [2.24, 2.45) is 4.99 Å². The van der Waals surface area contributed by atoms with Crippen LogP contribution in [0.25, 0.3) is 0 Å². The van der Waals surface area contributed by atoms with Crippen LogP contribution >= 0.6 is 0 Å². The first-order valence-corrected chi connectivity index (χ1v) is 4.89. The zero-order valence-electron chi connectivity index (χ0n) is 8.35. The maximum atomic E-state index is 6.87. The summed E-state index contributed by atoms with van der Waals surface area (Å²) in [4.78, 5) is 6.47. The fourth-order valence-electron chi connectivity index (χ4n) is 1.26. The van der Waals surface area contributed by atoms with Crippen molar-refractivity contribution < 1.29 is 4.74 Å². The number of nitrogens with zero attached hydrogens (tertiary/aromatic N) is 2. The Morgan fingerprint density at radius 1 is 1.50 bits per heavy atom. The minimum Gasteiger partial charge on any atom is -0.379 e. The van der Waals surface area contributed by atoms with Gasteiger partial charge < -0.3 is 10.1 Å². The fraction of sp³-hybridized carbons (Fsp3) is 0.778. The number of hydrogen-bond donors (Lipinski definition) is 1. The first kappa shape index (κ1) is 11.4. The molecule has 0 aromatic rings. The van der Waals surface area contributed by atoms with Crippen molar-refractivity contribution in [3.8, 4) is 0 Å². The molecular weight excluding hydrogens is 177 g/mol. The van der Waals surface area contributed by atoms with Gasteiger partial charge in [0.2, 0.25) is 0 Å². The number of nitrogens with one attached hydrogen (secondary N) is 1. The first-order valence-electron chi connectivity index (χ1n) is 4.89. The largest absolute Gasteiger partial charge is 0.379 e. The van der Waals surface area contributed by atoms with E-state index in [2.05, 4.69) is 9.89 Å². The van der Waals surface area contributed by atoms with Crippen molar-refractivity contribution in [1.82, 2.24) is 4.90 Å². The van der Waals surface area contributed by atoms with Crippen LogP contribution in [0.4, 0.5) is 0 Å². The van der Waals surface area contributed by atoms with E-state index in [9.17, 15) is 0 Å². The summed E-state index contributed by atoms with van der Waals surface area (Å²) in [5.74, 6) is -0.334. The maximum Gasteiger partial charge on any atom is 0.0853 e. The van der Waals surface area contributed by atoms with E-state index in [1.165, 1.54) is 6.21 Å². The topological polar surface area (TPSA) is 48.7 Å². The third-order valence-electron chi connectivity index (χ3n) is 2.12. The minimum absolute atomic E-state index is 0.334. The lowest BCUT2D eigenvalue weighted by Crippen LogP contribution is -2.37. The normalized spacial score (nSPS) is 21.1. The van der Waals surface area contributed by atoms with Gasteiger partial charge in [0.05, 0.1) is 27.6 Å². The van der Waals surface area contributed by atoms with E-state index < -0.39 is 0 Å². The lowest BCUT2D eigenvalue weighted by molar-refractivity contribution is 0.0395. The standard InChI is InChI=1S/C9H16BN3O/c10-9(7-11)8-12-1-2-13-3-5-14-6-4-13/h7-9,11H,1-6H2. The van der Waals surface area contributed by atoms with Crippen LogP contribution in [-0.2, 0) is 4.74 Å². The average molecular weight is 193 g/mol. The molecule has 1 fully saturated rings. The predicted octanol–water partition coefficient (Wildman–Crippen LogP) is -0.00403. The van der Waals surface area contributed by atoms with Crippen molar-refractivity contribution in [3.63, 3.8) is 0 Å².